The molecule has 18 heavy (non-hydrogen) atoms. The quantitative estimate of drug-likeness (QED) is 0.848. The van der Waals surface area contributed by atoms with Crippen LogP contribution in [0.3, 0.4) is 0 Å². The van der Waals surface area contributed by atoms with E-state index in [-0.39, 0.29) is 12.5 Å². The van der Waals surface area contributed by atoms with Gasteiger partial charge in [-0.3, -0.25) is 4.79 Å². The number of hydrogen-bond donors (Lipinski definition) is 2. The number of nitrogens with one attached hydrogen (secondary N) is 1. The number of carbonyl (C=O) groups is 1. The van der Waals surface area contributed by atoms with Crippen LogP contribution in [0.25, 0.3) is 0 Å². The van der Waals surface area contributed by atoms with Crippen LogP contribution in [0, 0.1) is 11.3 Å². The molecule has 1 aromatic carbocycles. The maximum absolute atomic E-state index is 12.1. The second kappa shape index (κ2) is 5.19. The SMILES string of the molecule is N#Cc1cccc(C(=O)NC2(CO)CCCC2)c1. The predicted molar refractivity (Wildman–Crippen MR) is 66.9 cm³/mol. The summed E-state index contributed by atoms with van der Waals surface area (Å²) in [5.41, 5.74) is 0.459. The number of aliphatic hydroxyl groups is 1. The molecule has 2 rings (SSSR count). The van der Waals surface area contributed by atoms with E-state index in [9.17, 15) is 9.90 Å². The lowest BCUT2D eigenvalue weighted by molar-refractivity contribution is 0.0838. The summed E-state index contributed by atoms with van der Waals surface area (Å²) in [6.45, 7) is -0.0311. The van der Waals surface area contributed by atoms with Crippen LogP contribution in [0.1, 0.15) is 41.6 Å². The van der Waals surface area contributed by atoms with Crippen LogP contribution in [0.15, 0.2) is 24.3 Å². The fourth-order valence-electron chi connectivity index (χ4n) is 2.42. The normalized spacial score (nSPS) is 17.1. The van der Waals surface area contributed by atoms with Gasteiger partial charge in [-0.1, -0.05) is 18.9 Å². The Morgan fingerprint density at radius 2 is 2.17 bits per heavy atom. The van der Waals surface area contributed by atoms with Crippen molar-refractivity contribution >= 4 is 5.91 Å². The minimum atomic E-state index is -0.472. The summed E-state index contributed by atoms with van der Waals surface area (Å²) in [6.07, 6.45) is 3.68. The smallest absolute Gasteiger partial charge is 0.251 e. The van der Waals surface area contributed by atoms with Crippen molar-refractivity contribution in [1.82, 2.24) is 5.32 Å². The van der Waals surface area contributed by atoms with Gasteiger partial charge in [-0.25, -0.2) is 0 Å². The zero-order valence-electron chi connectivity index (χ0n) is 10.1. The molecule has 1 aromatic rings. The first-order chi connectivity index (χ1) is 8.69. The number of aliphatic hydroxyl groups excluding tert-OH is 1. The van der Waals surface area contributed by atoms with E-state index in [0.29, 0.717) is 11.1 Å². The molecule has 0 unspecified atom stereocenters. The Balaban J connectivity index is 2.14. The Morgan fingerprint density at radius 3 is 2.78 bits per heavy atom. The van der Waals surface area contributed by atoms with Gasteiger partial charge in [0.25, 0.3) is 5.91 Å². The third kappa shape index (κ3) is 2.52. The zero-order valence-corrected chi connectivity index (χ0v) is 10.1. The molecule has 2 N–H and O–H groups in total. The van der Waals surface area contributed by atoms with Gasteiger partial charge in [-0.15, -0.1) is 0 Å². The molecule has 1 saturated carbocycles. The highest BCUT2D eigenvalue weighted by molar-refractivity contribution is 5.95. The van der Waals surface area contributed by atoms with Gasteiger partial charge in [0.05, 0.1) is 23.8 Å². The monoisotopic (exact) mass is 244 g/mol. The van der Waals surface area contributed by atoms with E-state index in [1.807, 2.05) is 6.07 Å². The third-order valence-corrected chi connectivity index (χ3v) is 3.50. The second-order valence-electron chi connectivity index (χ2n) is 4.79. The van der Waals surface area contributed by atoms with Crippen LogP contribution >= 0.6 is 0 Å². The van der Waals surface area contributed by atoms with E-state index in [1.54, 1.807) is 24.3 Å². The molecular weight excluding hydrogens is 228 g/mol. The average Bonchev–Trinajstić information content (AvgIpc) is 2.88. The van der Waals surface area contributed by atoms with Crippen LogP contribution < -0.4 is 5.32 Å². The van der Waals surface area contributed by atoms with Crippen molar-refractivity contribution in [2.45, 2.75) is 31.2 Å². The Bertz CT molecular complexity index is 485. The summed E-state index contributed by atoms with van der Waals surface area (Å²) in [4.78, 5) is 12.1. The van der Waals surface area contributed by atoms with Gasteiger partial charge in [-0.2, -0.15) is 5.26 Å². The van der Waals surface area contributed by atoms with Crippen molar-refractivity contribution in [2.24, 2.45) is 0 Å². The summed E-state index contributed by atoms with van der Waals surface area (Å²) in [5.74, 6) is -0.219. The van der Waals surface area contributed by atoms with Crippen LogP contribution in [0.2, 0.25) is 0 Å². The van der Waals surface area contributed by atoms with Crippen LogP contribution in [-0.4, -0.2) is 23.2 Å². The van der Waals surface area contributed by atoms with Gasteiger partial charge in [0.2, 0.25) is 0 Å². The van der Waals surface area contributed by atoms with Crippen LogP contribution in [0.5, 0.6) is 0 Å². The molecular formula is C14H16N2O2. The number of amides is 1. The molecule has 1 amide bonds. The molecule has 1 fully saturated rings. The van der Waals surface area contributed by atoms with Crippen LogP contribution in [0.4, 0.5) is 0 Å². The number of hydrogen-bond acceptors (Lipinski definition) is 3. The maximum atomic E-state index is 12.1. The molecule has 4 nitrogen and oxygen atoms in total. The van der Waals surface area contributed by atoms with E-state index < -0.39 is 5.54 Å². The Hall–Kier alpha value is -1.86. The highest BCUT2D eigenvalue weighted by Crippen LogP contribution is 2.29. The predicted octanol–water partition coefficient (Wildman–Crippen LogP) is 1.59. The van der Waals surface area contributed by atoms with Crippen molar-refractivity contribution in [2.75, 3.05) is 6.61 Å². The first-order valence-electron chi connectivity index (χ1n) is 6.13. The van der Waals surface area contributed by atoms with Crippen molar-refractivity contribution in [3.63, 3.8) is 0 Å². The Kier molecular flexibility index (Phi) is 3.63. The van der Waals surface area contributed by atoms with Crippen molar-refractivity contribution < 1.29 is 9.90 Å². The number of carbonyl (C=O) groups excluding carboxylic acids is 1. The zero-order chi connectivity index (χ0) is 13.0. The van der Waals surface area contributed by atoms with Crippen LogP contribution in [-0.2, 0) is 0 Å². The highest BCUT2D eigenvalue weighted by Gasteiger charge is 2.34. The lowest BCUT2D eigenvalue weighted by Gasteiger charge is -2.28. The van der Waals surface area contributed by atoms with Gasteiger partial charge in [0, 0.05) is 5.56 Å². The van der Waals surface area contributed by atoms with Gasteiger partial charge < -0.3 is 10.4 Å². The molecule has 0 bridgehead atoms. The molecule has 0 heterocycles. The number of rotatable bonds is 3. The first kappa shape index (κ1) is 12.6. The van der Waals surface area contributed by atoms with E-state index in [0.717, 1.165) is 25.7 Å². The summed E-state index contributed by atoms with van der Waals surface area (Å²) in [6, 6.07) is 8.60. The van der Waals surface area contributed by atoms with E-state index in [2.05, 4.69) is 5.32 Å². The Morgan fingerprint density at radius 1 is 1.44 bits per heavy atom. The van der Waals surface area contributed by atoms with E-state index in [4.69, 9.17) is 5.26 Å². The summed E-state index contributed by atoms with van der Waals surface area (Å²) in [7, 11) is 0. The molecule has 0 atom stereocenters. The largest absolute Gasteiger partial charge is 0.394 e. The molecule has 1 aliphatic carbocycles. The van der Waals surface area contributed by atoms with E-state index >= 15 is 0 Å². The average molecular weight is 244 g/mol. The van der Waals surface area contributed by atoms with Gasteiger partial charge >= 0.3 is 0 Å². The second-order valence-corrected chi connectivity index (χ2v) is 4.79. The van der Waals surface area contributed by atoms with Crippen molar-refractivity contribution in [3.05, 3.63) is 35.4 Å². The molecule has 0 aliphatic heterocycles. The van der Waals surface area contributed by atoms with E-state index in [1.165, 1.54) is 0 Å². The van der Waals surface area contributed by atoms with Gasteiger partial charge in [0.15, 0.2) is 0 Å². The highest BCUT2D eigenvalue weighted by atomic mass is 16.3. The lowest BCUT2D eigenvalue weighted by atomic mass is 9.98. The molecule has 0 spiro atoms. The summed E-state index contributed by atoms with van der Waals surface area (Å²) < 4.78 is 0. The summed E-state index contributed by atoms with van der Waals surface area (Å²) >= 11 is 0. The third-order valence-electron chi connectivity index (χ3n) is 3.50. The standard InChI is InChI=1S/C14H16N2O2/c15-9-11-4-3-5-12(8-11)13(18)16-14(10-17)6-1-2-7-14/h3-5,8,17H,1-2,6-7,10H2,(H,16,18). The number of benzene rings is 1. The molecule has 0 saturated heterocycles. The first-order valence-corrected chi connectivity index (χ1v) is 6.13. The molecule has 1 aliphatic rings. The van der Waals surface area contributed by atoms with Crippen molar-refractivity contribution in [1.29, 1.82) is 5.26 Å². The fourth-order valence-corrected chi connectivity index (χ4v) is 2.42. The van der Waals surface area contributed by atoms with Crippen molar-refractivity contribution in [3.8, 4) is 6.07 Å². The molecule has 0 aromatic heterocycles. The number of nitriles is 1. The minimum absolute atomic E-state index is 0.0311. The lowest BCUT2D eigenvalue weighted by Crippen LogP contribution is -2.49. The molecule has 0 radical (unpaired) electrons. The maximum Gasteiger partial charge on any atom is 0.251 e. The summed E-state index contributed by atoms with van der Waals surface area (Å²) in [5, 5.41) is 21.2. The molecule has 94 valence electrons. The Labute approximate surface area is 106 Å². The topological polar surface area (TPSA) is 73.1 Å². The minimum Gasteiger partial charge on any atom is -0.394 e. The molecule has 4 heteroatoms. The number of nitrogens with zero attached hydrogens (tertiary/aromatic N) is 1. The van der Waals surface area contributed by atoms with Gasteiger partial charge in [-0.05, 0) is 31.0 Å². The fraction of sp³-hybridized carbons (Fsp3) is 0.429. The van der Waals surface area contributed by atoms with Gasteiger partial charge in [0.1, 0.15) is 0 Å².